The molecule has 3 heterocycles. The SMILES string of the molecule is CN(C)C(=O)N1CCC2(CC1)OC(C(=O)O)Cn1ccnc12. The molecular formula is C14H20N4O4. The first kappa shape index (κ1) is 14.8. The van der Waals surface area contributed by atoms with Crippen molar-refractivity contribution >= 4 is 12.0 Å². The van der Waals surface area contributed by atoms with Crippen LogP contribution in [0.3, 0.4) is 0 Å². The molecule has 0 aliphatic carbocycles. The maximum atomic E-state index is 12.0. The van der Waals surface area contributed by atoms with Crippen molar-refractivity contribution in [3.05, 3.63) is 18.2 Å². The van der Waals surface area contributed by atoms with E-state index in [1.807, 2.05) is 4.57 Å². The van der Waals surface area contributed by atoms with Crippen LogP contribution >= 0.6 is 0 Å². The highest BCUT2D eigenvalue weighted by Gasteiger charge is 2.47. The number of rotatable bonds is 1. The lowest BCUT2D eigenvalue weighted by Gasteiger charge is -2.45. The van der Waals surface area contributed by atoms with Crippen molar-refractivity contribution in [2.24, 2.45) is 0 Å². The highest BCUT2D eigenvalue weighted by atomic mass is 16.5. The Morgan fingerprint density at radius 2 is 2.09 bits per heavy atom. The number of ether oxygens (including phenoxy) is 1. The summed E-state index contributed by atoms with van der Waals surface area (Å²) in [5.41, 5.74) is -0.714. The van der Waals surface area contributed by atoms with Crippen molar-refractivity contribution < 1.29 is 19.4 Å². The molecule has 8 nitrogen and oxygen atoms in total. The Morgan fingerprint density at radius 1 is 1.41 bits per heavy atom. The number of carboxylic acids is 1. The number of hydrogen-bond acceptors (Lipinski definition) is 4. The number of aromatic nitrogens is 2. The zero-order chi connectivity index (χ0) is 15.9. The third kappa shape index (κ3) is 2.33. The summed E-state index contributed by atoms with van der Waals surface area (Å²) in [6.07, 6.45) is 3.67. The molecule has 8 heteroatoms. The summed E-state index contributed by atoms with van der Waals surface area (Å²) >= 11 is 0. The fourth-order valence-corrected chi connectivity index (χ4v) is 3.21. The first-order valence-corrected chi connectivity index (χ1v) is 7.31. The van der Waals surface area contributed by atoms with E-state index < -0.39 is 17.7 Å². The first-order chi connectivity index (χ1) is 10.4. The molecule has 1 aromatic heterocycles. The second kappa shape index (κ2) is 5.28. The number of nitrogens with zero attached hydrogens (tertiary/aromatic N) is 4. The summed E-state index contributed by atoms with van der Waals surface area (Å²) in [4.78, 5) is 31.0. The summed E-state index contributed by atoms with van der Waals surface area (Å²) < 4.78 is 7.77. The van der Waals surface area contributed by atoms with Crippen molar-refractivity contribution in [2.75, 3.05) is 27.2 Å². The zero-order valence-electron chi connectivity index (χ0n) is 12.7. The molecule has 0 saturated carbocycles. The van der Waals surface area contributed by atoms with E-state index in [-0.39, 0.29) is 12.6 Å². The van der Waals surface area contributed by atoms with Crippen LogP contribution in [0.25, 0.3) is 0 Å². The summed E-state index contributed by atoms with van der Waals surface area (Å²) in [5.74, 6) is -0.201. The zero-order valence-corrected chi connectivity index (χ0v) is 12.7. The summed E-state index contributed by atoms with van der Waals surface area (Å²) in [6.45, 7) is 1.32. The summed E-state index contributed by atoms with van der Waals surface area (Å²) in [5, 5.41) is 9.30. The predicted octanol–water partition coefficient (Wildman–Crippen LogP) is 0.339. The molecular weight excluding hydrogens is 288 g/mol. The molecule has 2 aliphatic rings. The molecule has 2 aliphatic heterocycles. The maximum absolute atomic E-state index is 12.0. The Hall–Kier alpha value is -2.09. The first-order valence-electron chi connectivity index (χ1n) is 7.31. The van der Waals surface area contributed by atoms with Crippen LogP contribution in [0.15, 0.2) is 12.4 Å². The van der Waals surface area contributed by atoms with E-state index in [2.05, 4.69) is 4.98 Å². The largest absolute Gasteiger partial charge is 0.479 e. The van der Waals surface area contributed by atoms with Crippen LogP contribution in [0.4, 0.5) is 4.79 Å². The third-order valence-corrected chi connectivity index (χ3v) is 4.35. The average molecular weight is 308 g/mol. The molecule has 1 unspecified atom stereocenters. The smallest absolute Gasteiger partial charge is 0.334 e. The Morgan fingerprint density at radius 3 is 2.68 bits per heavy atom. The van der Waals surface area contributed by atoms with Crippen LogP contribution in [0.2, 0.25) is 0 Å². The number of carbonyl (C=O) groups excluding carboxylic acids is 1. The van der Waals surface area contributed by atoms with Gasteiger partial charge in [0.25, 0.3) is 0 Å². The van der Waals surface area contributed by atoms with E-state index in [0.717, 1.165) is 5.82 Å². The van der Waals surface area contributed by atoms with Crippen LogP contribution in [-0.4, -0.2) is 69.7 Å². The molecule has 1 spiro atoms. The van der Waals surface area contributed by atoms with Gasteiger partial charge in [-0.05, 0) is 0 Å². The molecule has 22 heavy (non-hydrogen) atoms. The van der Waals surface area contributed by atoms with Crippen molar-refractivity contribution in [1.82, 2.24) is 19.4 Å². The fraction of sp³-hybridized carbons (Fsp3) is 0.643. The third-order valence-electron chi connectivity index (χ3n) is 4.35. The van der Waals surface area contributed by atoms with Gasteiger partial charge in [0, 0.05) is 52.4 Å². The summed E-state index contributed by atoms with van der Waals surface area (Å²) in [6, 6.07) is -0.0382. The van der Waals surface area contributed by atoms with Gasteiger partial charge in [0.05, 0.1) is 6.54 Å². The topological polar surface area (TPSA) is 87.9 Å². The van der Waals surface area contributed by atoms with Gasteiger partial charge in [-0.1, -0.05) is 0 Å². The van der Waals surface area contributed by atoms with Crippen LogP contribution in [0, 0.1) is 0 Å². The molecule has 1 saturated heterocycles. The Kier molecular flexibility index (Phi) is 3.56. The lowest BCUT2D eigenvalue weighted by molar-refractivity contribution is -0.185. The van der Waals surface area contributed by atoms with Gasteiger partial charge in [-0.2, -0.15) is 0 Å². The van der Waals surface area contributed by atoms with E-state index in [9.17, 15) is 14.7 Å². The number of carbonyl (C=O) groups is 2. The van der Waals surface area contributed by atoms with Crippen LogP contribution in [0.1, 0.15) is 18.7 Å². The van der Waals surface area contributed by atoms with Gasteiger partial charge in [-0.15, -0.1) is 0 Å². The quantitative estimate of drug-likeness (QED) is 0.808. The van der Waals surface area contributed by atoms with E-state index in [4.69, 9.17) is 4.74 Å². The number of likely N-dealkylation sites (tertiary alicyclic amines) is 1. The Balaban J connectivity index is 1.82. The van der Waals surface area contributed by atoms with Crippen LogP contribution < -0.4 is 0 Å². The highest BCUT2D eigenvalue weighted by molar-refractivity contribution is 5.74. The molecule has 1 N–H and O–H groups in total. The number of piperidine rings is 1. The Labute approximate surface area is 128 Å². The second-order valence-electron chi connectivity index (χ2n) is 6.01. The minimum Gasteiger partial charge on any atom is -0.479 e. The van der Waals surface area contributed by atoms with Gasteiger partial charge in [-0.25, -0.2) is 14.6 Å². The highest BCUT2D eigenvalue weighted by Crippen LogP contribution is 2.40. The van der Waals surface area contributed by atoms with Gasteiger partial charge >= 0.3 is 12.0 Å². The minimum atomic E-state index is -0.967. The van der Waals surface area contributed by atoms with Gasteiger partial charge in [0.15, 0.2) is 6.10 Å². The summed E-state index contributed by atoms with van der Waals surface area (Å²) in [7, 11) is 3.44. The molecule has 120 valence electrons. The van der Waals surface area contributed by atoms with Gasteiger partial charge in [0.1, 0.15) is 11.4 Å². The lowest BCUT2D eigenvalue weighted by atomic mass is 9.88. The molecule has 3 rings (SSSR count). The molecule has 0 radical (unpaired) electrons. The van der Waals surface area contributed by atoms with Gasteiger partial charge in [0.2, 0.25) is 0 Å². The van der Waals surface area contributed by atoms with E-state index in [1.54, 1.807) is 36.3 Å². The molecule has 1 aromatic rings. The molecule has 1 atom stereocenters. The Bertz CT molecular complexity index is 589. The number of carboxylic acid groups (broad SMARTS) is 1. The molecule has 0 aromatic carbocycles. The number of aliphatic carboxylic acids is 1. The standard InChI is InChI=1S/C14H20N4O4/c1-16(2)13(21)17-6-3-14(4-7-17)12-15-5-8-18(12)9-10(22-14)11(19)20/h5,8,10H,3-4,6-7,9H2,1-2H3,(H,19,20). The van der Waals surface area contributed by atoms with Crippen LogP contribution in [-0.2, 0) is 21.7 Å². The van der Waals surface area contributed by atoms with E-state index in [1.165, 1.54) is 0 Å². The van der Waals surface area contributed by atoms with Gasteiger partial charge in [-0.3, -0.25) is 0 Å². The number of fused-ring (bicyclic) bond motifs is 2. The van der Waals surface area contributed by atoms with Crippen molar-refractivity contribution in [3.8, 4) is 0 Å². The number of imidazole rings is 1. The minimum absolute atomic E-state index is 0.0382. The number of hydrogen-bond donors (Lipinski definition) is 1. The molecule has 1 fully saturated rings. The monoisotopic (exact) mass is 308 g/mol. The normalized spacial score (nSPS) is 23.2. The van der Waals surface area contributed by atoms with Crippen molar-refractivity contribution in [1.29, 1.82) is 0 Å². The number of urea groups is 1. The van der Waals surface area contributed by atoms with Crippen molar-refractivity contribution in [3.63, 3.8) is 0 Å². The van der Waals surface area contributed by atoms with E-state index in [0.29, 0.717) is 25.9 Å². The lowest BCUT2D eigenvalue weighted by Crippen LogP contribution is -2.54. The van der Waals surface area contributed by atoms with Crippen molar-refractivity contribution in [2.45, 2.75) is 31.1 Å². The van der Waals surface area contributed by atoms with Crippen LogP contribution in [0.5, 0.6) is 0 Å². The maximum Gasteiger partial charge on any atom is 0.334 e. The molecule has 0 bridgehead atoms. The fourth-order valence-electron chi connectivity index (χ4n) is 3.21. The molecule has 2 amide bonds. The number of amides is 2. The van der Waals surface area contributed by atoms with E-state index >= 15 is 0 Å². The average Bonchev–Trinajstić information content (AvgIpc) is 2.96. The van der Waals surface area contributed by atoms with Gasteiger partial charge < -0.3 is 24.2 Å². The second-order valence-corrected chi connectivity index (χ2v) is 6.01. The predicted molar refractivity (Wildman–Crippen MR) is 76.3 cm³/mol.